The predicted octanol–water partition coefficient (Wildman–Crippen LogP) is 3.27. The van der Waals surface area contributed by atoms with Crippen molar-refractivity contribution in [3.8, 4) is 0 Å². The van der Waals surface area contributed by atoms with Gasteiger partial charge in [-0.2, -0.15) is 0 Å². The summed E-state index contributed by atoms with van der Waals surface area (Å²) in [5.74, 6) is 0. The molecule has 0 fully saturated rings. The molecule has 1 aromatic rings. The Morgan fingerprint density at radius 3 is 2.58 bits per heavy atom. The number of alkyl halides is 1. The molecule has 0 amide bonds. The topological polar surface area (TPSA) is 12.9 Å². The van der Waals surface area contributed by atoms with Crippen LogP contribution in [-0.4, -0.2) is 4.98 Å². The summed E-state index contributed by atoms with van der Waals surface area (Å²) in [6, 6.07) is 4.22. The van der Waals surface area contributed by atoms with Gasteiger partial charge in [-0.05, 0) is 23.1 Å². The second-order valence-corrected chi connectivity index (χ2v) is 4.48. The van der Waals surface area contributed by atoms with Crippen molar-refractivity contribution in [3.05, 3.63) is 29.6 Å². The number of hydrogen-bond donors (Lipinski definition) is 0. The zero-order valence-corrected chi connectivity index (χ0v) is 9.35. The van der Waals surface area contributed by atoms with E-state index in [1.165, 1.54) is 5.56 Å². The summed E-state index contributed by atoms with van der Waals surface area (Å²) in [4.78, 5) is 4.22. The molecule has 0 aliphatic rings. The molecule has 66 valence electrons. The minimum atomic E-state index is 0.222. The molecule has 1 rings (SSSR count). The number of halogens is 1. The van der Waals surface area contributed by atoms with E-state index in [-0.39, 0.29) is 5.41 Å². The molecule has 0 N–H and O–H groups in total. The Bertz CT molecular complexity index is 263. The Kier molecular flexibility index (Phi) is 2.89. The lowest BCUT2D eigenvalue weighted by Gasteiger charge is -2.18. The Morgan fingerprint density at radius 2 is 2.08 bits per heavy atom. The standard InChI is InChI=1S/C10H14BrN/c1-10(2,3)8-4-5-12-9(6-8)7-11/h4-6H,7H2,1-3H3. The maximum Gasteiger partial charge on any atom is 0.0512 e. The first-order chi connectivity index (χ1) is 5.54. The van der Waals surface area contributed by atoms with Gasteiger partial charge in [-0.15, -0.1) is 0 Å². The van der Waals surface area contributed by atoms with Gasteiger partial charge in [-0.1, -0.05) is 36.7 Å². The predicted molar refractivity (Wildman–Crippen MR) is 55.6 cm³/mol. The molecule has 0 aliphatic carbocycles. The maximum absolute atomic E-state index is 4.22. The highest BCUT2D eigenvalue weighted by Gasteiger charge is 2.13. The molecule has 12 heavy (non-hydrogen) atoms. The molecule has 0 saturated heterocycles. The fraction of sp³-hybridized carbons (Fsp3) is 0.500. The maximum atomic E-state index is 4.22. The van der Waals surface area contributed by atoms with Crippen molar-refractivity contribution >= 4 is 15.9 Å². The van der Waals surface area contributed by atoms with Crippen LogP contribution in [-0.2, 0) is 10.7 Å². The average molecular weight is 228 g/mol. The second kappa shape index (κ2) is 3.56. The highest BCUT2D eigenvalue weighted by atomic mass is 79.9. The molecule has 1 aromatic heterocycles. The first-order valence-electron chi connectivity index (χ1n) is 4.05. The van der Waals surface area contributed by atoms with Gasteiger partial charge in [0.25, 0.3) is 0 Å². The van der Waals surface area contributed by atoms with Gasteiger partial charge in [-0.25, -0.2) is 0 Å². The van der Waals surface area contributed by atoms with Gasteiger partial charge in [0.05, 0.1) is 5.69 Å². The van der Waals surface area contributed by atoms with Crippen molar-refractivity contribution in [3.63, 3.8) is 0 Å². The molecule has 0 bridgehead atoms. The van der Waals surface area contributed by atoms with Crippen LogP contribution in [0, 0.1) is 0 Å². The zero-order chi connectivity index (χ0) is 9.19. The van der Waals surface area contributed by atoms with Crippen LogP contribution in [0.2, 0.25) is 0 Å². The lowest BCUT2D eigenvalue weighted by molar-refractivity contribution is 0.588. The van der Waals surface area contributed by atoms with Gasteiger partial charge in [0, 0.05) is 11.5 Å². The van der Waals surface area contributed by atoms with Crippen molar-refractivity contribution in [2.75, 3.05) is 0 Å². The molecular formula is C10H14BrN. The van der Waals surface area contributed by atoms with Gasteiger partial charge in [0.2, 0.25) is 0 Å². The van der Waals surface area contributed by atoms with Crippen LogP contribution in [0.15, 0.2) is 18.3 Å². The number of aromatic nitrogens is 1. The summed E-state index contributed by atoms with van der Waals surface area (Å²) >= 11 is 3.40. The van der Waals surface area contributed by atoms with E-state index in [2.05, 4.69) is 53.8 Å². The highest BCUT2D eigenvalue weighted by molar-refractivity contribution is 9.08. The van der Waals surface area contributed by atoms with Crippen LogP contribution in [0.3, 0.4) is 0 Å². The van der Waals surface area contributed by atoms with Crippen LogP contribution in [0.1, 0.15) is 32.0 Å². The first kappa shape index (κ1) is 9.72. The summed E-state index contributed by atoms with van der Waals surface area (Å²) < 4.78 is 0. The summed E-state index contributed by atoms with van der Waals surface area (Å²) in [7, 11) is 0. The third-order valence-corrected chi connectivity index (χ3v) is 2.39. The van der Waals surface area contributed by atoms with Gasteiger partial charge in [-0.3, -0.25) is 4.98 Å². The van der Waals surface area contributed by atoms with Crippen LogP contribution < -0.4 is 0 Å². The lowest BCUT2D eigenvalue weighted by Crippen LogP contribution is -2.11. The van der Waals surface area contributed by atoms with E-state index in [4.69, 9.17) is 0 Å². The molecule has 1 heterocycles. The Hall–Kier alpha value is -0.370. The molecule has 0 radical (unpaired) electrons. The van der Waals surface area contributed by atoms with Crippen LogP contribution >= 0.6 is 15.9 Å². The lowest BCUT2D eigenvalue weighted by atomic mass is 9.87. The van der Waals surface area contributed by atoms with Crippen molar-refractivity contribution in [1.82, 2.24) is 4.98 Å². The first-order valence-corrected chi connectivity index (χ1v) is 5.17. The van der Waals surface area contributed by atoms with Gasteiger partial charge in [0.1, 0.15) is 0 Å². The SMILES string of the molecule is CC(C)(C)c1ccnc(CBr)c1. The monoisotopic (exact) mass is 227 g/mol. The van der Waals surface area contributed by atoms with Crippen molar-refractivity contribution in [1.29, 1.82) is 0 Å². The smallest absolute Gasteiger partial charge is 0.0512 e. The van der Waals surface area contributed by atoms with E-state index >= 15 is 0 Å². The molecule has 2 heteroatoms. The average Bonchev–Trinajstić information content (AvgIpc) is 2.03. The number of hydrogen-bond acceptors (Lipinski definition) is 1. The minimum absolute atomic E-state index is 0.222. The van der Waals surface area contributed by atoms with Crippen molar-refractivity contribution in [2.24, 2.45) is 0 Å². The van der Waals surface area contributed by atoms with Crippen molar-refractivity contribution < 1.29 is 0 Å². The third-order valence-electron chi connectivity index (χ3n) is 1.82. The number of nitrogens with zero attached hydrogens (tertiary/aromatic N) is 1. The number of rotatable bonds is 1. The van der Waals surface area contributed by atoms with E-state index in [1.807, 2.05) is 6.20 Å². The fourth-order valence-corrected chi connectivity index (χ4v) is 1.32. The van der Waals surface area contributed by atoms with E-state index < -0.39 is 0 Å². The summed E-state index contributed by atoms with van der Waals surface area (Å²) in [6.07, 6.45) is 1.87. The van der Waals surface area contributed by atoms with E-state index in [9.17, 15) is 0 Å². The van der Waals surface area contributed by atoms with Crippen LogP contribution in [0.25, 0.3) is 0 Å². The summed E-state index contributed by atoms with van der Waals surface area (Å²) in [6.45, 7) is 6.63. The Morgan fingerprint density at radius 1 is 1.42 bits per heavy atom. The van der Waals surface area contributed by atoms with Gasteiger partial charge < -0.3 is 0 Å². The summed E-state index contributed by atoms with van der Waals surface area (Å²) in [5.41, 5.74) is 2.66. The van der Waals surface area contributed by atoms with Crippen molar-refractivity contribution in [2.45, 2.75) is 31.5 Å². The molecule has 1 nitrogen and oxygen atoms in total. The molecule has 0 spiro atoms. The van der Waals surface area contributed by atoms with Crippen LogP contribution in [0.5, 0.6) is 0 Å². The quantitative estimate of drug-likeness (QED) is 0.672. The zero-order valence-electron chi connectivity index (χ0n) is 7.76. The second-order valence-electron chi connectivity index (χ2n) is 3.92. The van der Waals surface area contributed by atoms with Crippen LogP contribution in [0.4, 0.5) is 0 Å². The third kappa shape index (κ3) is 2.31. The molecule has 0 aromatic carbocycles. The van der Waals surface area contributed by atoms with Gasteiger partial charge in [0.15, 0.2) is 0 Å². The minimum Gasteiger partial charge on any atom is -0.260 e. The Balaban J connectivity index is 3.02. The normalized spacial score (nSPS) is 11.7. The highest BCUT2D eigenvalue weighted by Crippen LogP contribution is 2.22. The molecule has 0 unspecified atom stereocenters. The molecule has 0 saturated carbocycles. The summed E-state index contributed by atoms with van der Waals surface area (Å²) in [5, 5.41) is 0.830. The van der Waals surface area contributed by atoms with E-state index in [1.54, 1.807) is 0 Å². The van der Waals surface area contributed by atoms with E-state index in [0.717, 1.165) is 11.0 Å². The fourth-order valence-electron chi connectivity index (χ4n) is 1.02. The molecule has 0 atom stereocenters. The Labute approximate surface area is 82.3 Å². The molecule has 0 aliphatic heterocycles. The molecular weight excluding hydrogens is 214 g/mol. The van der Waals surface area contributed by atoms with E-state index in [0.29, 0.717) is 0 Å². The largest absolute Gasteiger partial charge is 0.260 e. The number of pyridine rings is 1. The van der Waals surface area contributed by atoms with Gasteiger partial charge >= 0.3 is 0 Å².